The van der Waals surface area contributed by atoms with Gasteiger partial charge < -0.3 is 53.8 Å². The average Bonchev–Trinajstić information content (AvgIpc) is 3.08. The van der Waals surface area contributed by atoms with Crippen molar-refractivity contribution in [2.24, 2.45) is 0 Å². The quantitative estimate of drug-likeness (QED) is 0.0385. The van der Waals surface area contributed by atoms with Gasteiger partial charge in [0, 0.05) is 0 Å². The average molecular weight is 736 g/mol. The summed E-state index contributed by atoms with van der Waals surface area (Å²) >= 11 is 0. The van der Waals surface area contributed by atoms with Crippen LogP contribution in [0.2, 0.25) is 0 Å². The Labute approximate surface area is 301 Å². The molecule has 0 fully saturated rings. The molecule has 3 N–H and O–H groups in total. The van der Waals surface area contributed by atoms with E-state index in [4.69, 9.17) is 37.9 Å². The van der Waals surface area contributed by atoms with Gasteiger partial charge in [-0.2, -0.15) is 0 Å². The van der Waals surface area contributed by atoms with Crippen LogP contribution in [-0.2, 0) is 66.7 Å². The van der Waals surface area contributed by atoms with Crippen LogP contribution >= 0.6 is 0 Å². The lowest BCUT2D eigenvalue weighted by molar-refractivity contribution is -0.153. The van der Waals surface area contributed by atoms with Gasteiger partial charge in [-0.05, 0) is 86.9 Å². The fraction of sp³-hybridized carbons (Fsp3) is 0.824. The van der Waals surface area contributed by atoms with E-state index < -0.39 is 60.2 Å². The summed E-state index contributed by atoms with van der Waals surface area (Å²) in [6.45, 7) is 12.7. The molecule has 3 atom stereocenters. The van der Waals surface area contributed by atoms with Crippen molar-refractivity contribution in [2.75, 3.05) is 72.5 Å². The fourth-order valence-electron chi connectivity index (χ4n) is 4.49. The van der Waals surface area contributed by atoms with E-state index in [0.717, 1.165) is 0 Å². The SMILES string of the molecule is CCOC(=O)CC(NCCCOC(CCCNC(CC(=O)OCC)C(=O)OCC)OCCCNC(CC(=O)OCC)C(=O)OCC)C(=O)OCC. The van der Waals surface area contributed by atoms with Crippen LogP contribution in [-0.4, -0.2) is 133 Å². The molecule has 296 valence electrons. The van der Waals surface area contributed by atoms with E-state index >= 15 is 0 Å². The minimum absolute atomic E-state index is 0.167. The topological polar surface area (TPSA) is 212 Å². The molecule has 0 aliphatic heterocycles. The number of nitrogens with one attached hydrogen (secondary N) is 3. The van der Waals surface area contributed by atoms with Crippen LogP contribution in [0.3, 0.4) is 0 Å². The lowest BCUT2D eigenvalue weighted by atomic mass is 10.2. The second-order valence-electron chi connectivity index (χ2n) is 10.8. The molecular formula is C34H61N3O14. The van der Waals surface area contributed by atoms with Gasteiger partial charge in [0.15, 0.2) is 6.29 Å². The molecule has 0 aliphatic rings. The van der Waals surface area contributed by atoms with Crippen LogP contribution in [0.1, 0.15) is 86.5 Å². The molecule has 51 heavy (non-hydrogen) atoms. The number of esters is 6. The first-order valence-corrected chi connectivity index (χ1v) is 18.0. The number of rotatable bonds is 32. The normalized spacial score (nSPS) is 13.3. The molecule has 0 saturated carbocycles. The van der Waals surface area contributed by atoms with Crippen LogP contribution in [0.25, 0.3) is 0 Å². The smallest absolute Gasteiger partial charge is 0.323 e. The summed E-state index contributed by atoms with van der Waals surface area (Å²) in [6, 6.07) is -2.59. The third kappa shape index (κ3) is 24.4. The number of ether oxygens (including phenoxy) is 8. The van der Waals surface area contributed by atoms with Crippen LogP contribution < -0.4 is 16.0 Å². The van der Waals surface area contributed by atoms with E-state index in [1.54, 1.807) is 41.5 Å². The number of hydrogen-bond acceptors (Lipinski definition) is 17. The summed E-state index contributed by atoms with van der Waals surface area (Å²) in [4.78, 5) is 73.0. The Morgan fingerprint density at radius 2 is 0.725 bits per heavy atom. The molecule has 3 unspecified atom stereocenters. The van der Waals surface area contributed by atoms with Crippen molar-refractivity contribution < 1.29 is 66.7 Å². The van der Waals surface area contributed by atoms with E-state index in [9.17, 15) is 28.8 Å². The molecule has 17 heteroatoms. The molecule has 0 amide bonds. The largest absolute Gasteiger partial charge is 0.466 e. The van der Waals surface area contributed by atoms with Gasteiger partial charge in [0.1, 0.15) is 18.1 Å². The van der Waals surface area contributed by atoms with Gasteiger partial charge in [-0.3, -0.25) is 28.8 Å². The summed E-state index contributed by atoms with van der Waals surface area (Å²) in [5.74, 6) is -3.20. The first-order valence-electron chi connectivity index (χ1n) is 18.0. The van der Waals surface area contributed by atoms with E-state index in [1.165, 1.54) is 0 Å². The summed E-state index contributed by atoms with van der Waals surface area (Å²) in [5, 5.41) is 9.09. The monoisotopic (exact) mass is 735 g/mol. The van der Waals surface area contributed by atoms with Crippen LogP contribution in [0.15, 0.2) is 0 Å². The van der Waals surface area contributed by atoms with Gasteiger partial charge in [0.2, 0.25) is 0 Å². The maximum absolute atomic E-state index is 12.4. The van der Waals surface area contributed by atoms with E-state index in [-0.39, 0.29) is 72.1 Å². The molecule has 0 aromatic rings. The highest BCUT2D eigenvalue weighted by molar-refractivity contribution is 5.84. The Morgan fingerprint density at radius 1 is 0.431 bits per heavy atom. The van der Waals surface area contributed by atoms with E-state index in [2.05, 4.69) is 16.0 Å². The molecule has 0 aromatic heterocycles. The molecule has 0 saturated heterocycles. The van der Waals surface area contributed by atoms with Crippen LogP contribution in [0.4, 0.5) is 0 Å². The van der Waals surface area contributed by atoms with Crippen molar-refractivity contribution in [2.45, 2.75) is 111 Å². The van der Waals surface area contributed by atoms with E-state index in [1.807, 2.05) is 0 Å². The molecule has 0 radical (unpaired) electrons. The summed E-state index contributed by atoms with van der Waals surface area (Å²) in [6.07, 6.45) is 0.712. The molecule has 17 nitrogen and oxygen atoms in total. The second-order valence-corrected chi connectivity index (χ2v) is 10.8. The summed E-state index contributed by atoms with van der Waals surface area (Å²) < 4.78 is 42.1. The first-order chi connectivity index (χ1) is 24.6. The predicted octanol–water partition coefficient (Wildman–Crippen LogP) is 1.33. The number of hydrogen-bond donors (Lipinski definition) is 3. The van der Waals surface area contributed by atoms with Crippen molar-refractivity contribution in [1.29, 1.82) is 0 Å². The Hall–Kier alpha value is -3.38. The Bertz CT molecular complexity index is 947. The van der Waals surface area contributed by atoms with Gasteiger partial charge in [-0.1, -0.05) is 0 Å². The van der Waals surface area contributed by atoms with Crippen molar-refractivity contribution in [3.8, 4) is 0 Å². The van der Waals surface area contributed by atoms with Gasteiger partial charge in [-0.25, -0.2) is 0 Å². The zero-order chi connectivity index (χ0) is 38.3. The number of carbonyl (C=O) groups is 6. The minimum Gasteiger partial charge on any atom is -0.466 e. The fourth-order valence-corrected chi connectivity index (χ4v) is 4.49. The van der Waals surface area contributed by atoms with Crippen LogP contribution in [0, 0.1) is 0 Å². The summed E-state index contributed by atoms with van der Waals surface area (Å²) in [7, 11) is 0. The predicted molar refractivity (Wildman–Crippen MR) is 183 cm³/mol. The second kappa shape index (κ2) is 31.4. The van der Waals surface area contributed by atoms with Crippen molar-refractivity contribution in [3.63, 3.8) is 0 Å². The Kier molecular flexibility index (Phi) is 29.3. The Balaban J connectivity index is 5.23. The van der Waals surface area contributed by atoms with Crippen molar-refractivity contribution in [3.05, 3.63) is 0 Å². The minimum atomic E-state index is -0.870. The van der Waals surface area contributed by atoms with Crippen molar-refractivity contribution in [1.82, 2.24) is 16.0 Å². The summed E-state index contributed by atoms with van der Waals surface area (Å²) in [5.41, 5.74) is 0. The zero-order valence-electron chi connectivity index (χ0n) is 31.3. The molecular weight excluding hydrogens is 674 g/mol. The maximum atomic E-state index is 12.4. The van der Waals surface area contributed by atoms with Gasteiger partial charge in [-0.15, -0.1) is 0 Å². The van der Waals surface area contributed by atoms with Crippen LogP contribution in [0.5, 0.6) is 0 Å². The standard InChI is InChI=1S/C34H61N3O14/c1-7-44-28(38)22-25(32(41)47-10-4)35-17-13-16-31(50-20-14-18-36-26(33(42)48-11-5)23-29(39)45-8-2)51-21-15-19-37-27(34(43)49-12-6)24-30(40)46-9-3/h25-27,31,35-37H,7-24H2,1-6H3. The maximum Gasteiger partial charge on any atom is 0.323 e. The molecule has 0 rings (SSSR count). The third-order valence-corrected chi connectivity index (χ3v) is 6.78. The Morgan fingerprint density at radius 3 is 1.02 bits per heavy atom. The molecule has 0 heterocycles. The van der Waals surface area contributed by atoms with Crippen molar-refractivity contribution >= 4 is 35.8 Å². The lowest BCUT2D eigenvalue weighted by Gasteiger charge is -2.21. The highest BCUT2D eigenvalue weighted by Crippen LogP contribution is 2.08. The van der Waals surface area contributed by atoms with Gasteiger partial charge in [0.05, 0.1) is 72.1 Å². The van der Waals surface area contributed by atoms with Gasteiger partial charge >= 0.3 is 35.8 Å². The molecule has 0 aromatic carbocycles. The third-order valence-electron chi connectivity index (χ3n) is 6.78. The van der Waals surface area contributed by atoms with E-state index in [0.29, 0.717) is 45.3 Å². The first kappa shape index (κ1) is 47.6. The highest BCUT2D eigenvalue weighted by Gasteiger charge is 2.26. The lowest BCUT2D eigenvalue weighted by Crippen LogP contribution is -2.41. The molecule has 0 aliphatic carbocycles. The number of carbonyl (C=O) groups excluding carboxylic acids is 6. The van der Waals surface area contributed by atoms with Gasteiger partial charge in [0.25, 0.3) is 0 Å². The molecule has 0 spiro atoms. The highest BCUT2D eigenvalue weighted by atomic mass is 16.7. The zero-order valence-corrected chi connectivity index (χ0v) is 31.3. The molecule has 0 bridgehead atoms.